The van der Waals surface area contributed by atoms with Crippen molar-refractivity contribution in [2.24, 2.45) is 5.73 Å². The van der Waals surface area contributed by atoms with Gasteiger partial charge in [0.05, 0.1) is 6.33 Å². The Morgan fingerprint density at radius 1 is 1.64 bits per heavy atom. The molecule has 3 heteroatoms. The third-order valence-electron chi connectivity index (χ3n) is 2.98. The van der Waals surface area contributed by atoms with E-state index in [1.54, 1.807) is 0 Å². The van der Waals surface area contributed by atoms with Gasteiger partial charge in [-0.2, -0.15) is 0 Å². The molecule has 1 aliphatic rings. The lowest BCUT2D eigenvalue weighted by Gasteiger charge is -2.18. The van der Waals surface area contributed by atoms with Crippen LogP contribution in [0.1, 0.15) is 50.3 Å². The molecule has 1 fully saturated rings. The lowest BCUT2D eigenvalue weighted by atomic mass is 10.1. The third kappa shape index (κ3) is 1.82. The van der Waals surface area contributed by atoms with Crippen molar-refractivity contribution < 1.29 is 0 Å². The maximum atomic E-state index is 5.79. The summed E-state index contributed by atoms with van der Waals surface area (Å²) in [5.74, 6) is 0.767. The van der Waals surface area contributed by atoms with Gasteiger partial charge in [-0.05, 0) is 19.3 Å². The van der Waals surface area contributed by atoms with E-state index in [2.05, 4.69) is 16.5 Å². The molecule has 0 saturated heterocycles. The molecule has 1 unspecified atom stereocenters. The van der Waals surface area contributed by atoms with E-state index in [0.717, 1.165) is 18.9 Å². The number of hydrogen-bond acceptors (Lipinski definition) is 2. The van der Waals surface area contributed by atoms with Gasteiger partial charge in [-0.1, -0.05) is 13.3 Å². The predicted molar refractivity (Wildman–Crippen MR) is 57.2 cm³/mol. The summed E-state index contributed by atoms with van der Waals surface area (Å²) in [4.78, 5) is 4.24. The summed E-state index contributed by atoms with van der Waals surface area (Å²) >= 11 is 0. The van der Waals surface area contributed by atoms with Gasteiger partial charge < -0.3 is 10.3 Å². The molecule has 1 aromatic heterocycles. The summed E-state index contributed by atoms with van der Waals surface area (Å²) in [7, 11) is 0. The fourth-order valence-corrected chi connectivity index (χ4v) is 2.02. The van der Waals surface area contributed by atoms with Gasteiger partial charge in [-0.25, -0.2) is 4.98 Å². The van der Waals surface area contributed by atoms with E-state index in [0.29, 0.717) is 6.04 Å². The molecule has 1 atom stereocenters. The Morgan fingerprint density at radius 2 is 2.43 bits per heavy atom. The molecule has 2 rings (SSSR count). The molecule has 0 aliphatic heterocycles. The van der Waals surface area contributed by atoms with Crippen molar-refractivity contribution in [2.45, 2.75) is 44.6 Å². The highest BCUT2D eigenvalue weighted by atomic mass is 15.1. The fourth-order valence-electron chi connectivity index (χ4n) is 2.02. The number of rotatable bonds is 5. The summed E-state index contributed by atoms with van der Waals surface area (Å²) < 4.78 is 2.29. The van der Waals surface area contributed by atoms with Gasteiger partial charge in [0, 0.05) is 30.4 Å². The number of nitrogens with two attached hydrogens (primary N) is 1. The molecule has 78 valence electrons. The van der Waals surface area contributed by atoms with Crippen molar-refractivity contribution in [3.63, 3.8) is 0 Å². The standard InChI is InChI=1S/C11H19N3/c1-2-3-10(6-12)14-8-13-7-11(14)9-4-5-9/h7-10H,2-6,12H2,1H3. The third-order valence-corrected chi connectivity index (χ3v) is 2.98. The second-order valence-corrected chi connectivity index (χ2v) is 4.18. The lowest BCUT2D eigenvalue weighted by Crippen LogP contribution is -2.20. The average Bonchev–Trinajstić information content (AvgIpc) is 2.94. The Bertz CT molecular complexity index is 288. The van der Waals surface area contributed by atoms with Gasteiger partial charge in [0.25, 0.3) is 0 Å². The van der Waals surface area contributed by atoms with E-state index in [1.165, 1.54) is 25.0 Å². The van der Waals surface area contributed by atoms with Crippen LogP contribution in [0, 0.1) is 0 Å². The normalized spacial score (nSPS) is 18.4. The first-order valence-corrected chi connectivity index (χ1v) is 5.58. The average molecular weight is 193 g/mol. The van der Waals surface area contributed by atoms with Crippen LogP contribution in [-0.4, -0.2) is 16.1 Å². The number of imidazole rings is 1. The highest BCUT2D eigenvalue weighted by Crippen LogP contribution is 2.40. The minimum atomic E-state index is 0.457. The van der Waals surface area contributed by atoms with Crippen LogP contribution < -0.4 is 5.73 Å². The van der Waals surface area contributed by atoms with Crippen molar-refractivity contribution in [1.29, 1.82) is 0 Å². The van der Waals surface area contributed by atoms with E-state index in [9.17, 15) is 0 Å². The molecule has 3 nitrogen and oxygen atoms in total. The van der Waals surface area contributed by atoms with Crippen molar-refractivity contribution in [1.82, 2.24) is 9.55 Å². The zero-order chi connectivity index (χ0) is 9.97. The van der Waals surface area contributed by atoms with Crippen LogP contribution in [-0.2, 0) is 0 Å². The van der Waals surface area contributed by atoms with E-state index in [4.69, 9.17) is 5.73 Å². The monoisotopic (exact) mass is 193 g/mol. The van der Waals surface area contributed by atoms with Gasteiger partial charge in [0.1, 0.15) is 0 Å². The van der Waals surface area contributed by atoms with Crippen LogP contribution in [0.4, 0.5) is 0 Å². The maximum Gasteiger partial charge on any atom is 0.0951 e. The van der Waals surface area contributed by atoms with E-state index in [1.807, 2.05) is 12.5 Å². The minimum absolute atomic E-state index is 0.457. The van der Waals surface area contributed by atoms with Crippen LogP contribution >= 0.6 is 0 Å². The van der Waals surface area contributed by atoms with Crippen LogP contribution in [0.5, 0.6) is 0 Å². The van der Waals surface area contributed by atoms with E-state index < -0.39 is 0 Å². The summed E-state index contributed by atoms with van der Waals surface area (Å²) in [6.45, 7) is 2.93. The second-order valence-electron chi connectivity index (χ2n) is 4.18. The Labute approximate surface area is 85.3 Å². The van der Waals surface area contributed by atoms with Gasteiger partial charge >= 0.3 is 0 Å². The Balaban J connectivity index is 2.15. The minimum Gasteiger partial charge on any atom is -0.330 e. The van der Waals surface area contributed by atoms with Gasteiger partial charge in [-0.3, -0.25) is 0 Å². The molecule has 0 amide bonds. The molecular weight excluding hydrogens is 174 g/mol. The largest absolute Gasteiger partial charge is 0.330 e. The van der Waals surface area contributed by atoms with E-state index >= 15 is 0 Å². The summed E-state index contributed by atoms with van der Waals surface area (Å²) in [6.07, 6.45) is 8.96. The molecule has 0 aromatic carbocycles. The molecule has 1 aliphatic carbocycles. The van der Waals surface area contributed by atoms with Crippen molar-refractivity contribution in [3.05, 3.63) is 18.2 Å². The second kappa shape index (κ2) is 4.13. The smallest absolute Gasteiger partial charge is 0.0951 e. The lowest BCUT2D eigenvalue weighted by molar-refractivity contribution is 0.457. The first kappa shape index (κ1) is 9.71. The first-order valence-electron chi connectivity index (χ1n) is 5.58. The molecule has 0 spiro atoms. The SMILES string of the molecule is CCCC(CN)n1cncc1C1CC1. The Kier molecular flexibility index (Phi) is 2.87. The van der Waals surface area contributed by atoms with Crippen molar-refractivity contribution >= 4 is 0 Å². The van der Waals surface area contributed by atoms with Gasteiger partial charge in [0.15, 0.2) is 0 Å². The summed E-state index contributed by atoms with van der Waals surface area (Å²) in [5, 5.41) is 0. The van der Waals surface area contributed by atoms with Crippen molar-refractivity contribution in [3.8, 4) is 0 Å². The molecule has 0 radical (unpaired) electrons. The zero-order valence-electron chi connectivity index (χ0n) is 8.82. The molecule has 1 saturated carbocycles. The quantitative estimate of drug-likeness (QED) is 0.778. The summed E-state index contributed by atoms with van der Waals surface area (Å²) in [5.41, 5.74) is 7.19. The molecule has 2 N–H and O–H groups in total. The van der Waals surface area contributed by atoms with Gasteiger partial charge in [-0.15, -0.1) is 0 Å². The molecule has 1 aromatic rings. The Morgan fingerprint density at radius 3 is 3.00 bits per heavy atom. The van der Waals surface area contributed by atoms with Crippen LogP contribution in [0.15, 0.2) is 12.5 Å². The number of aromatic nitrogens is 2. The number of nitrogens with zero attached hydrogens (tertiary/aromatic N) is 2. The maximum absolute atomic E-state index is 5.79. The predicted octanol–water partition coefficient (Wildman–Crippen LogP) is 2.06. The Hall–Kier alpha value is -0.830. The van der Waals surface area contributed by atoms with E-state index in [-0.39, 0.29) is 0 Å². The highest BCUT2D eigenvalue weighted by molar-refractivity contribution is 5.13. The topological polar surface area (TPSA) is 43.8 Å². The van der Waals surface area contributed by atoms with Gasteiger partial charge in [0.2, 0.25) is 0 Å². The molecule has 14 heavy (non-hydrogen) atoms. The van der Waals surface area contributed by atoms with Crippen LogP contribution in [0.3, 0.4) is 0 Å². The fraction of sp³-hybridized carbons (Fsp3) is 0.727. The van der Waals surface area contributed by atoms with Crippen molar-refractivity contribution in [2.75, 3.05) is 6.54 Å². The summed E-state index contributed by atoms with van der Waals surface area (Å²) in [6, 6.07) is 0.457. The van der Waals surface area contributed by atoms with Crippen LogP contribution in [0.25, 0.3) is 0 Å². The highest BCUT2D eigenvalue weighted by Gasteiger charge is 2.28. The molecule has 0 bridgehead atoms. The zero-order valence-corrected chi connectivity index (χ0v) is 8.82. The first-order chi connectivity index (χ1) is 6.86. The van der Waals surface area contributed by atoms with Crippen LogP contribution in [0.2, 0.25) is 0 Å². The molecule has 1 heterocycles. The molecular formula is C11H19N3. The number of hydrogen-bond donors (Lipinski definition) is 1.